The molecular weight excluding hydrogens is 497 g/mol. The van der Waals surface area contributed by atoms with Crippen molar-refractivity contribution in [1.82, 2.24) is 4.90 Å². The van der Waals surface area contributed by atoms with Crippen LogP contribution >= 0.6 is 0 Å². The summed E-state index contributed by atoms with van der Waals surface area (Å²) in [6.07, 6.45) is -3.98. The molecule has 6 nitrogen and oxygen atoms in total. The number of benzene rings is 3. The van der Waals surface area contributed by atoms with Crippen molar-refractivity contribution in [2.75, 3.05) is 25.1 Å². The second kappa shape index (κ2) is 10.0. The Balaban J connectivity index is 1.61. The Kier molecular flexibility index (Phi) is 6.77. The van der Waals surface area contributed by atoms with Gasteiger partial charge in [0.2, 0.25) is 5.91 Å². The van der Waals surface area contributed by atoms with Crippen molar-refractivity contribution in [1.29, 1.82) is 0 Å². The van der Waals surface area contributed by atoms with E-state index in [0.29, 0.717) is 48.8 Å². The van der Waals surface area contributed by atoms with E-state index in [2.05, 4.69) is 5.32 Å². The maximum absolute atomic E-state index is 13.9. The van der Waals surface area contributed by atoms with E-state index < -0.39 is 29.6 Å². The SMILES string of the molecule is CCOc1cc2c(cc1OCC)[C@H]1[C@@H](C(=O)Nc3cccc(C(F)(F)F)c3)c3ccccc3C(=O)N1CC2. The molecule has 0 fully saturated rings. The minimum absolute atomic E-state index is 0.0310. The summed E-state index contributed by atoms with van der Waals surface area (Å²) >= 11 is 0. The third-order valence-electron chi connectivity index (χ3n) is 6.92. The van der Waals surface area contributed by atoms with Gasteiger partial charge in [0.15, 0.2) is 11.5 Å². The van der Waals surface area contributed by atoms with E-state index in [1.54, 1.807) is 29.2 Å². The fraction of sp³-hybridized carbons (Fsp3) is 0.310. The van der Waals surface area contributed by atoms with Gasteiger partial charge >= 0.3 is 6.18 Å². The quantitative estimate of drug-likeness (QED) is 0.431. The highest BCUT2D eigenvalue weighted by Gasteiger charge is 2.46. The zero-order valence-electron chi connectivity index (χ0n) is 21.0. The van der Waals surface area contributed by atoms with Gasteiger partial charge in [0.1, 0.15) is 0 Å². The summed E-state index contributed by atoms with van der Waals surface area (Å²) in [5.74, 6) is -0.442. The van der Waals surface area contributed by atoms with Gasteiger partial charge in [-0.2, -0.15) is 13.2 Å². The Bertz CT molecular complexity index is 1390. The van der Waals surface area contributed by atoms with Crippen LogP contribution in [0.15, 0.2) is 60.7 Å². The van der Waals surface area contributed by atoms with E-state index in [4.69, 9.17) is 9.47 Å². The first-order valence-corrected chi connectivity index (χ1v) is 12.5. The number of halogens is 3. The van der Waals surface area contributed by atoms with Crippen molar-refractivity contribution in [2.45, 2.75) is 38.4 Å². The molecule has 0 saturated carbocycles. The molecular formula is C29H27F3N2O4. The summed E-state index contributed by atoms with van der Waals surface area (Å²) in [5, 5.41) is 2.68. The molecule has 38 heavy (non-hydrogen) atoms. The summed E-state index contributed by atoms with van der Waals surface area (Å²) < 4.78 is 51.5. The van der Waals surface area contributed by atoms with Crippen LogP contribution in [0.2, 0.25) is 0 Å². The van der Waals surface area contributed by atoms with Gasteiger partial charge in [0, 0.05) is 17.8 Å². The summed E-state index contributed by atoms with van der Waals surface area (Å²) in [6.45, 7) is 4.96. The van der Waals surface area contributed by atoms with Gasteiger partial charge in [-0.05, 0) is 73.4 Å². The molecule has 0 spiro atoms. The van der Waals surface area contributed by atoms with E-state index in [1.807, 2.05) is 26.0 Å². The zero-order chi connectivity index (χ0) is 27.0. The van der Waals surface area contributed by atoms with Gasteiger partial charge in [-0.15, -0.1) is 0 Å². The summed E-state index contributed by atoms with van der Waals surface area (Å²) in [6, 6.07) is 14.5. The van der Waals surface area contributed by atoms with Crippen LogP contribution in [0.4, 0.5) is 18.9 Å². The molecule has 198 valence electrons. The molecule has 9 heteroatoms. The lowest BCUT2D eigenvalue weighted by molar-refractivity contribution is -0.137. The van der Waals surface area contributed by atoms with Gasteiger partial charge < -0.3 is 19.7 Å². The average Bonchev–Trinajstić information content (AvgIpc) is 2.89. The molecule has 2 amide bonds. The fourth-order valence-corrected chi connectivity index (χ4v) is 5.35. The molecule has 0 aromatic heterocycles. The molecule has 2 aliphatic heterocycles. The lowest BCUT2D eigenvalue weighted by Crippen LogP contribution is -2.49. The fourth-order valence-electron chi connectivity index (χ4n) is 5.35. The minimum atomic E-state index is -4.54. The molecule has 3 aromatic rings. The molecule has 1 N–H and O–H groups in total. The molecule has 0 radical (unpaired) electrons. The maximum Gasteiger partial charge on any atom is 0.416 e. The Labute approximate surface area is 218 Å². The highest BCUT2D eigenvalue weighted by molar-refractivity contribution is 6.04. The predicted molar refractivity (Wildman–Crippen MR) is 136 cm³/mol. The van der Waals surface area contributed by atoms with Gasteiger partial charge in [-0.3, -0.25) is 9.59 Å². The third kappa shape index (κ3) is 4.57. The predicted octanol–water partition coefficient (Wildman–Crippen LogP) is 5.98. The maximum atomic E-state index is 13.9. The van der Waals surface area contributed by atoms with Crippen molar-refractivity contribution >= 4 is 17.5 Å². The zero-order valence-corrected chi connectivity index (χ0v) is 21.0. The third-order valence-corrected chi connectivity index (χ3v) is 6.92. The number of nitrogens with zero attached hydrogens (tertiary/aromatic N) is 1. The van der Waals surface area contributed by atoms with Crippen molar-refractivity contribution in [3.63, 3.8) is 0 Å². The molecule has 0 saturated heterocycles. The summed E-state index contributed by atoms with van der Waals surface area (Å²) in [4.78, 5) is 29.1. The van der Waals surface area contributed by atoms with Crippen LogP contribution < -0.4 is 14.8 Å². The average molecular weight is 525 g/mol. The van der Waals surface area contributed by atoms with Crippen LogP contribution in [-0.2, 0) is 17.4 Å². The van der Waals surface area contributed by atoms with Crippen LogP contribution in [0.5, 0.6) is 11.5 Å². The van der Waals surface area contributed by atoms with Gasteiger partial charge in [-0.25, -0.2) is 0 Å². The van der Waals surface area contributed by atoms with E-state index >= 15 is 0 Å². The smallest absolute Gasteiger partial charge is 0.416 e. The number of hydrogen-bond acceptors (Lipinski definition) is 4. The van der Waals surface area contributed by atoms with E-state index in [9.17, 15) is 22.8 Å². The van der Waals surface area contributed by atoms with Gasteiger partial charge in [0.05, 0.1) is 30.7 Å². The van der Waals surface area contributed by atoms with Gasteiger partial charge in [-0.1, -0.05) is 24.3 Å². The van der Waals surface area contributed by atoms with Crippen LogP contribution in [0.25, 0.3) is 0 Å². The monoisotopic (exact) mass is 524 g/mol. The lowest BCUT2D eigenvalue weighted by atomic mass is 9.75. The van der Waals surface area contributed by atoms with Crippen LogP contribution in [0.3, 0.4) is 0 Å². The molecule has 3 aromatic carbocycles. The van der Waals surface area contributed by atoms with E-state index in [1.165, 1.54) is 12.1 Å². The van der Waals surface area contributed by atoms with Gasteiger partial charge in [0.25, 0.3) is 5.91 Å². The number of carbonyl (C=O) groups excluding carboxylic acids is 2. The lowest BCUT2D eigenvalue weighted by Gasteiger charge is -2.45. The molecule has 5 rings (SSSR count). The molecule has 2 heterocycles. The topological polar surface area (TPSA) is 67.9 Å². The highest BCUT2D eigenvalue weighted by atomic mass is 19.4. The van der Waals surface area contributed by atoms with Crippen LogP contribution in [0.1, 0.15) is 58.4 Å². The Morgan fingerprint density at radius 2 is 1.68 bits per heavy atom. The molecule has 0 bridgehead atoms. The minimum Gasteiger partial charge on any atom is -0.490 e. The second-order valence-electron chi connectivity index (χ2n) is 9.19. The largest absolute Gasteiger partial charge is 0.490 e. The first-order chi connectivity index (χ1) is 18.2. The number of nitrogens with one attached hydrogen (secondary N) is 1. The first-order valence-electron chi connectivity index (χ1n) is 12.5. The number of alkyl halides is 3. The van der Waals surface area contributed by atoms with Crippen molar-refractivity contribution in [2.24, 2.45) is 0 Å². The van der Waals surface area contributed by atoms with E-state index in [-0.39, 0.29) is 11.6 Å². The number of ether oxygens (including phenoxy) is 2. The number of amides is 2. The molecule has 0 unspecified atom stereocenters. The highest BCUT2D eigenvalue weighted by Crippen LogP contribution is 2.48. The second-order valence-corrected chi connectivity index (χ2v) is 9.19. The number of rotatable bonds is 6. The number of carbonyl (C=O) groups is 2. The van der Waals surface area contributed by atoms with E-state index in [0.717, 1.165) is 23.3 Å². The Hall–Kier alpha value is -4.01. The number of anilines is 1. The molecule has 0 aliphatic carbocycles. The summed E-state index contributed by atoms with van der Waals surface area (Å²) in [5.41, 5.74) is 1.81. The molecule has 2 atom stereocenters. The summed E-state index contributed by atoms with van der Waals surface area (Å²) in [7, 11) is 0. The van der Waals surface area contributed by atoms with Crippen LogP contribution in [0, 0.1) is 0 Å². The van der Waals surface area contributed by atoms with Crippen molar-refractivity contribution in [3.05, 3.63) is 88.5 Å². The Morgan fingerprint density at radius 3 is 2.39 bits per heavy atom. The van der Waals surface area contributed by atoms with Crippen molar-refractivity contribution in [3.8, 4) is 11.5 Å². The van der Waals surface area contributed by atoms with Crippen molar-refractivity contribution < 1.29 is 32.2 Å². The number of hydrogen-bond donors (Lipinski definition) is 1. The first kappa shape index (κ1) is 25.6. The molecule has 2 aliphatic rings. The Morgan fingerprint density at radius 1 is 0.974 bits per heavy atom. The van der Waals surface area contributed by atoms with Crippen LogP contribution in [-0.4, -0.2) is 36.5 Å². The normalized spacial score (nSPS) is 18.2. The standard InChI is InChI=1S/C29H27F3N2O4/c1-3-37-23-14-17-12-13-34-26(22(17)16-24(23)38-4-2)25(20-10-5-6-11-21(20)28(34)36)27(35)33-19-9-7-8-18(15-19)29(30,31)32/h5-11,14-16,25-26H,3-4,12-13H2,1-2H3,(H,33,35)/t25-,26-/m0/s1. The number of fused-ring (bicyclic) bond motifs is 4.